The number of hydrogen-bond acceptors (Lipinski definition) is 5. The van der Waals surface area contributed by atoms with E-state index in [9.17, 15) is 9.59 Å². The van der Waals surface area contributed by atoms with Crippen LogP contribution in [-0.2, 0) is 6.54 Å². The van der Waals surface area contributed by atoms with Crippen LogP contribution in [0.25, 0.3) is 21.7 Å². The number of carbonyl (C=O) groups excluding carboxylic acids is 1. The minimum absolute atomic E-state index is 0.0202. The van der Waals surface area contributed by atoms with Crippen molar-refractivity contribution in [1.29, 1.82) is 0 Å². The SMILES string of the molecule is CCn1c(SCC(=O)c2ccc(OC)cc2)nc2cc3ccccc3cc2c1=O. The highest BCUT2D eigenvalue weighted by molar-refractivity contribution is 7.99. The lowest BCUT2D eigenvalue weighted by atomic mass is 10.1. The van der Waals surface area contributed by atoms with Crippen LogP contribution in [0.15, 0.2) is 70.6 Å². The quantitative estimate of drug-likeness (QED) is 0.204. The maximum atomic E-state index is 13.0. The van der Waals surface area contributed by atoms with Crippen LogP contribution in [0.3, 0.4) is 0 Å². The van der Waals surface area contributed by atoms with Crippen LogP contribution in [0.2, 0.25) is 0 Å². The van der Waals surface area contributed by atoms with Crippen LogP contribution >= 0.6 is 11.8 Å². The molecule has 1 aromatic heterocycles. The van der Waals surface area contributed by atoms with Crippen LogP contribution in [0.1, 0.15) is 17.3 Å². The van der Waals surface area contributed by atoms with E-state index in [-0.39, 0.29) is 17.1 Å². The molecule has 5 nitrogen and oxygen atoms in total. The van der Waals surface area contributed by atoms with Gasteiger partial charge in [-0.3, -0.25) is 14.2 Å². The lowest BCUT2D eigenvalue weighted by Crippen LogP contribution is -2.23. The smallest absolute Gasteiger partial charge is 0.262 e. The monoisotopic (exact) mass is 404 g/mol. The van der Waals surface area contributed by atoms with E-state index >= 15 is 0 Å². The van der Waals surface area contributed by atoms with E-state index in [1.807, 2.05) is 43.3 Å². The molecule has 3 aromatic carbocycles. The number of carbonyl (C=O) groups is 1. The zero-order valence-electron chi connectivity index (χ0n) is 16.2. The summed E-state index contributed by atoms with van der Waals surface area (Å²) in [7, 11) is 1.59. The second-order valence-corrected chi connectivity index (χ2v) is 7.54. The molecule has 0 unspecified atom stereocenters. The fourth-order valence-corrected chi connectivity index (χ4v) is 4.22. The number of rotatable bonds is 6. The van der Waals surface area contributed by atoms with E-state index in [0.717, 1.165) is 10.8 Å². The molecule has 0 atom stereocenters. The van der Waals surface area contributed by atoms with Crippen molar-refractivity contribution in [3.8, 4) is 5.75 Å². The summed E-state index contributed by atoms with van der Waals surface area (Å²) in [6.45, 7) is 2.40. The molecular formula is C23H20N2O3S. The first-order valence-electron chi connectivity index (χ1n) is 9.34. The molecule has 0 saturated carbocycles. The summed E-state index contributed by atoms with van der Waals surface area (Å²) in [6.07, 6.45) is 0. The van der Waals surface area contributed by atoms with Crippen molar-refractivity contribution in [2.75, 3.05) is 12.9 Å². The number of Topliss-reactive ketones (excluding diaryl/α,β-unsaturated/α-hetero) is 1. The molecule has 0 aliphatic rings. The predicted octanol–water partition coefficient (Wildman–Crippen LogP) is 4.55. The standard InChI is InChI=1S/C23H20N2O3S/c1-3-25-22(27)19-12-16-6-4-5-7-17(16)13-20(19)24-23(25)29-14-21(26)15-8-10-18(28-2)11-9-15/h4-13H,3,14H2,1-2H3. The van der Waals surface area contributed by atoms with Crippen molar-refractivity contribution in [2.24, 2.45) is 0 Å². The van der Waals surface area contributed by atoms with Gasteiger partial charge in [0.1, 0.15) is 5.75 Å². The first kappa shape index (κ1) is 19.2. The molecule has 0 fully saturated rings. The Morgan fingerprint density at radius 1 is 1.07 bits per heavy atom. The molecule has 0 radical (unpaired) electrons. The third-order valence-corrected chi connectivity index (χ3v) is 5.82. The summed E-state index contributed by atoms with van der Waals surface area (Å²) in [5, 5.41) is 3.20. The molecule has 29 heavy (non-hydrogen) atoms. The zero-order valence-corrected chi connectivity index (χ0v) is 17.0. The van der Waals surface area contributed by atoms with E-state index in [4.69, 9.17) is 9.72 Å². The predicted molar refractivity (Wildman–Crippen MR) is 117 cm³/mol. The Morgan fingerprint density at radius 2 is 1.76 bits per heavy atom. The molecule has 0 aliphatic carbocycles. The van der Waals surface area contributed by atoms with Crippen molar-refractivity contribution in [3.63, 3.8) is 0 Å². The second kappa shape index (κ2) is 8.09. The molecular weight excluding hydrogens is 384 g/mol. The fourth-order valence-electron chi connectivity index (χ4n) is 3.27. The highest BCUT2D eigenvalue weighted by atomic mass is 32.2. The summed E-state index contributed by atoms with van der Waals surface area (Å²) in [4.78, 5) is 30.3. The number of nitrogens with zero attached hydrogens (tertiary/aromatic N) is 2. The molecule has 4 aromatic rings. The summed E-state index contributed by atoms with van der Waals surface area (Å²) in [5.74, 6) is 0.892. The van der Waals surface area contributed by atoms with Crippen molar-refractivity contribution in [1.82, 2.24) is 9.55 Å². The van der Waals surface area contributed by atoms with Gasteiger partial charge in [-0.05, 0) is 54.1 Å². The molecule has 0 bridgehead atoms. The first-order valence-corrected chi connectivity index (χ1v) is 10.3. The number of benzene rings is 3. The van der Waals surface area contributed by atoms with Crippen molar-refractivity contribution < 1.29 is 9.53 Å². The highest BCUT2D eigenvalue weighted by Gasteiger charge is 2.14. The Kier molecular flexibility index (Phi) is 5.36. The average Bonchev–Trinajstić information content (AvgIpc) is 2.76. The van der Waals surface area contributed by atoms with Gasteiger partial charge in [0, 0.05) is 12.1 Å². The average molecular weight is 404 g/mol. The van der Waals surface area contributed by atoms with Crippen molar-refractivity contribution in [2.45, 2.75) is 18.6 Å². The zero-order chi connectivity index (χ0) is 20.4. The van der Waals surface area contributed by atoms with Gasteiger partial charge < -0.3 is 4.74 Å². The number of ether oxygens (including phenoxy) is 1. The largest absolute Gasteiger partial charge is 0.497 e. The molecule has 1 heterocycles. The molecule has 0 amide bonds. The van der Waals surface area contributed by atoms with Gasteiger partial charge in [0.25, 0.3) is 5.56 Å². The Hall–Kier alpha value is -3.12. The number of thioether (sulfide) groups is 1. The lowest BCUT2D eigenvalue weighted by molar-refractivity contribution is 0.102. The highest BCUT2D eigenvalue weighted by Crippen LogP contribution is 2.23. The van der Waals surface area contributed by atoms with Crippen LogP contribution < -0.4 is 10.3 Å². The summed E-state index contributed by atoms with van der Waals surface area (Å²) >= 11 is 1.29. The van der Waals surface area contributed by atoms with Crippen LogP contribution in [0, 0.1) is 0 Å². The van der Waals surface area contributed by atoms with Gasteiger partial charge in [-0.25, -0.2) is 4.98 Å². The number of methoxy groups -OCH3 is 1. The Balaban J connectivity index is 1.67. The van der Waals surface area contributed by atoms with E-state index in [1.54, 1.807) is 35.9 Å². The van der Waals surface area contributed by atoms with Gasteiger partial charge in [0.15, 0.2) is 10.9 Å². The van der Waals surface area contributed by atoms with E-state index < -0.39 is 0 Å². The van der Waals surface area contributed by atoms with Gasteiger partial charge >= 0.3 is 0 Å². The van der Waals surface area contributed by atoms with Crippen LogP contribution in [0.5, 0.6) is 5.75 Å². The Morgan fingerprint density at radius 3 is 2.41 bits per heavy atom. The third-order valence-electron chi connectivity index (χ3n) is 4.85. The maximum Gasteiger partial charge on any atom is 0.262 e. The first-order chi connectivity index (χ1) is 14.1. The second-order valence-electron chi connectivity index (χ2n) is 6.60. The van der Waals surface area contributed by atoms with E-state index in [2.05, 4.69) is 0 Å². The van der Waals surface area contributed by atoms with Gasteiger partial charge in [-0.15, -0.1) is 0 Å². The third kappa shape index (κ3) is 3.76. The maximum absolute atomic E-state index is 13.0. The van der Waals surface area contributed by atoms with Crippen molar-refractivity contribution >= 4 is 39.2 Å². The topological polar surface area (TPSA) is 61.2 Å². The van der Waals surface area contributed by atoms with E-state index in [1.165, 1.54) is 11.8 Å². The molecule has 0 aliphatic heterocycles. The molecule has 146 valence electrons. The number of fused-ring (bicyclic) bond motifs is 2. The Bertz CT molecular complexity index is 1260. The number of aromatic nitrogens is 2. The fraction of sp³-hybridized carbons (Fsp3) is 0.174. The molecule has 4 rings (SSSR count). The Labute approximate surface area is 172 Å². The summed E-state index contributed by atoms with van der Waals surface area (Å²) < 4.78 is 6.76. The van der Waals surface area contributed by atoms with Gasteiger partial charge in [0.2, 0.25) is 0 Å². The van der Waals surface area contributed by atoms with Crippen LogP contribution in [-0.4, -0.2) is 28.2 Å². The summed E-state index contributed by atoms with van der Waals surface area (Å²) in [6, 6.07) is 18.7. The van der Waals surface area contributed by atoms with Gasteiger partial charge in [-0.2, -0.15) is 0 Å². The van der Waals surface area contributed by atoms with Gasteiger partial charge in [-0.1, -0.05) is 36.0 Å². The number of hydrogen-bond donors (Lipinski definition) is 0. The molecule has 0 saturated heterocycles. The number of ketones is 1. The van der Waals surface area contributed by atoms with Crippen LogP contribution in [0.4, 0.5) is 0 Å². The molecule has 6 heteroatoms. The minimum Gasteiger partial charge on any atom is -0.497 e. The molecule has 0 spiro atoms. The lowest BCUT2D eigenvalue weighted by Gasteiger charge is -2.12. The summed E-state index contributed by atoms with van der Waals surface area (Å²) in [5.41, 5.74) is 1.18. The van der Waals surface area contributed by atoms with Crippen molar-refractivity contribution in [3.05, 3.63) is 76.6 Å². The minimum atomic E-state index is -0.0809. The van der Waals surface area contributed by atoms with E-state index in [0.29, 0.717) is 33.9 Å². The normalized spacial score (nSPS) is 11.1. The van der Waals surface area contributed by atoms with Gasteiger partial charge in [0.05, 0.1) is 23.8 Å². The molecule has 0 N–H and O–H groups in total.